The second-order valence-electron chi connectivity index (χ2n) is 4.15. The Morgan fingerprint density at radius 3 is 3.22 bits per heavy atom. The molecule has 0 aromatic carbocycles. The van der Waals surface area contributed by atoms with E-state index in [4.69, 9.17) is 4.74 Å². The monoisotopic (exact) mass is 266 g/mol. The fraction of sp³-hybridized carbons (Fsp3) is 0.462. The zero-order chi connectivity index (χ0) is 12.8. The van der Waals surface area contributed by atoms with Crippen LogP contribution < -0.4 is 5.32 Å². The van der Waals surface area contributed by atoms with Gasteiger partial charge in [-0.15, -0.1) is 17.9 Å². The molecule has 5 heteroatoms. The highest BCUT2D eigenvalue weighted by Gasteiger charge is 2.26. The van der Waals surface area contributed by atoms with E-state index in [1.54, 1.807) is 22.3 Å². The van der Waals surface area contributed by atoms with Crippen LogP contribution in [-0.2, 0) is 16.1 Å². The number of hydrogen-bond acceptors (Lipinski definition) is 4. The highest BCUT2D eigenvalue weighted by atomic mass is 32.1. The quantitative estimate of drug-likeness (QED) is 0.816. The van der Waals surface area contributed by atoms with Gasteiger partial charge in [0, 0.05) is 24.5 Å². The fourth-order valence-corrected chi connectivity index (χ4v) is 2.63. The molecule has 1 N–H and O–H groups in total. The summed E-state index contributed by atoms with van der Waals surface area (Å²) in [6, 6.07) is 4.03. The van der Waals surface area contributed by atoms with Crippen molar-refractivity contribution in [2.75, 3.05) is 26.2 Å². The first-order chi connectivity index (χ1) is 8.81. The zero-order valence-electron chi connectivity index (χ0n) is 10.3. The maximum absolute atomic E-state index is 12.3. The lowest BCUT2D eigenvalue weighted by Crippen LogP contribution is -2.49. The van der Waals surface area contributed by atoms with Gasteiger partial charge in [0.05, 0.1) is 13.2 Å². The summed E-state index contributed by atoms with van der Waals surface area (Å²) in [5.41, 5.74) is 0. The average molecular weight is 266 g/mol. The first kappa shape index (κ1) is 13.3. The first-order valence-corrected chi connectivity index (χ1v) is 6.93. The molecule has 0 aliphatic carbocycles. The van der Waals surface area contributed by atoms with Gasteiger partial charge in [0.1, 0.15) is 6.10 Å². The standard InChI is InChI=1S/C13H18N2O2S/c1-2-6-15(10-11-4-3-8-18-11)13(16)12-9-14-5-7-17-12/h2-4,8,12,14H,1,5-7,9-10H2. The number of morpholine rings is 1. The van der Waals surface area contributed by atoms with Crippen molar-refractivity contribution in [1.82, 2.24) is 10.2 Å². The largest absolute Gasteiger partial charge is 0.366 e. The maximum Gasteiger partial charge on any atom is 0.253 e. The van der Waals surface area contributed by atoms with Gasteiger partial charge in [-0.2, -0.15) is 0 Å². The van der Waals surface area contributed by atoms with Crippen LogP contribution in [0.4, 0.5) is 0 Å². The molecular formula is C13H18N2O2S. The van der Waals surface area contributed by atoms with Crippen LogP contribution in [0.3, 0.4) is 0 Å². The minimum absolute atomic E-state index is 0.0375. The Morgan fingerprint density at radius 2 is 2.61 bits per heavy atom. The lowest BCUT2D eigenvalue weighted by atomic mass is 10.2. The second-order valence-corrected chi connectivity index (χ2v) is 5.18. The molecule has 2 heterocycles. The topological polar surface area (TPSA) is 41.6 Å². The average Bonchev–Trinajstić information content (AvgIpc) is 2.91. The van der Waals surface area contributed by atoms with Gasteiger partial charge in [-0.1, -0.05) is 12.1 Å². The molecule has 18 heavy (non-hydrogen) atoms. The van der Waals surface area contributed by atoms with Crippen molar-refractivity contribution in [2.45, 2.75) is 12.6 Å². The van der Waals surface area contributed by atoms with Gasteiger partial charge in [-0.3, -0.25) is 4.79 Å². The third-order valence-corrected chi connectivity index (χ3v) is 3.65. The van der Waals surface area contributed by atoms with Gasteiger partial charge >= 0.3 is 0 Å². The van der Waals surface area contributed by atoms with E-state index in [0.29, 0.717) is 26.2 Å². The molecule has 1 aliphatic heterocycles. The van der Waals surface area contributed by atoms with Gasteiger partial charge < -0.3 is 15.0 Å². The molecule has 1 unspecified atom stereocenters. The van der Waals surface area contributed by atoms with Crippen molar-refractivity contribution in [3.8, 4) is 0 Å². The van der Waals surface area contributed by atoms with Gasteiger partial charge in [0.15, 0.2) is 0 Å². The summed E-state index contributed by atoms with van der Waals surface area (Å²) in [5.74, 6) is 0.0375. The third-order valence-electron chi connectivity index (χ3n) is 2.79. The Hall–Kier alpha value is -1.17. The highest BCUT2D eigenvalue weighted by molar-refractivity contribution is 7.09. The number of hydrogen-bond donors (Lipinski definition) is 1. The fourth-order valence-electron chi connectivity index (χ4n) is 1.91. The number of thiophene rings is 1. The molecule has 0 radical (unpaired) electrons. The SMILES string of the molecule is C=CCN(Cc1cccs1)C(=O)C1CNCCO1. The summed E-state index contributed by atoms with van der Waals surface area (Å²) in [6.45, 7) is 6.89. The summed E-state index contributed by atoms with van der Waals surface area (Å²) in [6.07, 6.45) is 1.39. The van der Waals surface area contributed by atoms with E-state index in [2.05, 4.69) is 11.9 Å². The van der Waals surface area contributed by atoms with Gasteiger partial charge in [-0.05, 0) is 11.4 Å². The third kappa shape index (κ3) is 3.41. The van der Waals surface area contributed by atoms with Crippen molar-refractivity contribution in [1.29, 1.82) is 0 Å². The van der Waals surface area contributed by atoms with Crippen molar-refractivity contribution in [3.05, 3.63) is 35.0 Å². The van der Waals surface area contributed by atoms with Crippen LogP contribution in [-0.4, -0.2) is 43.2 Å². The summed E-state index contributed by atoms with van der Waals surface area (Å²) in [5, 5.41) is 5.19. The molecule has 1 amide bonds. The normalized spacial score (nSPS) is 19.4. The molecule has 1 aromatic heterocycles. The van der Waals surface area contributed by atoms with Gasteiger partial charge in [0.2, 0.25) is 0 Å². The van der Waals surface area contributed by atoms with Gasteiger partial charge in [-0.25, -0.2) is 0 Å². The Bertz CT molecular complexity index is 386. The van der Waals surface area contributed by atoms with Crippen LogP contribution in [0, 0.1) is 0 Å². The van der Waals surface area contributed by atoms with Crippen molar-refractivity contribution in [3.63, 3.8) is 0 Å². The minimum atomic E-state index is -0.362. The molecule has 1 aromatic rings. The molecule has 0 bridgehead atoms. The van der Waals surface area contributed by atoms with E-state index in [1.807, 2.05) is 17.5 Å². The number of carbonyl (C=O) groups is 1. The highest BCUT2D eigenvalue weighted by Crippen LogP contribution is 2.13. The van der Waals surface area contributed by atoms with E-state index < -0.39 is 0 Å². The molecule has 98 valence electrons. The van der Waals surface area contributed by atoms with Crippen LogP contribution in [0.2, 0.25) is 0 Å². The summed E-state index contributed by atoms with van der Waals surface area (Å²) < 4.78 is 5.50. The number of nitrogens with zero attached hydrogens (tertiary/aromatic N) is 1. The van der Waals surface area contributed by atoms with Crippen LogP contribution in [0.5, 0.6) is 0 Å². The number of amides is 1. The number of rotatable bonds is 5. The van der Waals surface area contributed by atoms with Crippen molar-refractivity contribution >= 4 is 17.2 Å². The number of ether oxygens (including phenoxy) is 1. The maximum atomic E-state index is 12.3. The molecule has 4 nitrogen and oxygen atoms in total. The van der Waals surface area contributed by atoms with Crippen LogP contribution in [0.1, 0.15) is 4.88 Å². The predicted molar refractivity (Wildman–Crippen MR) is 72.5 cm³/mol. The Morgan fingerprint density at radius 1 is 1.72 bits per heavy atom. The van der Waals surface area contributed by atoms with Crippen molar-refractivity contribution < 1.29 is 9.53 Å². The van der Waals surface area contributed by atoms with Gasteiger partial charge in [0.25, 0.3) is 5.91 Å². The van der Waals surface area contributed by atoms with E-state index in [1.165, 1.54) is 4.88 Å². The van der Waals surface area contributed by atoms with Crippen LogP contribution >= 0.6 is 11.3 Å². The predicted octanol–water partition coefficient (Wildman–Crippen LogP) is 1.25. The molecule has 1 fully saturated rings. The summed E-state index contributed by atoms with van der Waals surface area (Å²) >= 11 is 1.66. The van der Waals surface area contributed by atoms with Crippen LogP contribution in [0.25, 0.3) is 0 Å². The van der Waals surface area contributed by atoms with Crippen LogP contribution in [0.15, 0.2) is 30.2 Å². The Kier molecular flexibility index (Phi) is 4.92. The van der Waals surface area contributed by atoms with E-state index >= 15 is 0 Å². The lowest BCUT2D eigenvalue weighted by molar-refractivity contribution is -0.145. The number of nitrogens with one attached hydrogen (secondary N) is 1. The molecule has 1 saturated heterocycles. The molecule has 0 saturated carbocycles. The smallest absolute Gasteiger partial charge is 0.253 e. The van der Waals surface area contributed by atoms with E-state index in [-0.39, 0.29) is 12.0 Å². The first-order valence-electron chi connectivity index (χ1n) is 6.05. The lowest BCUT2D eigenvalue weighted by Gasteiger charge is -2.28. The van der Waals surface area contributed by atoms with E-state index in [0.717, 1.165) is 6.54 Å². The second kappa shape index (κ2) is 6.68. The number of carbonyl (C=O) groups excluding carboxylic acids is 1. The zero-order valence-corrected chi connectivity index (χ0v) is 11.1. The Balaban J connectivity index is 1.99. The van der Waals surface area contributed by atoms with E-state index in [9.17, 15) is 4.79 Å². The molecular weight excluding hydrogens is 248 g/mol. The van der Waals surface area contributed by atoms with Crippen molar-refractivity contribution in [2.24, 2.45) is 0 Å². The molecule has 1 aliphatic rings. The minimum Gasteiger partial charge on any atom is -0.366 e. The molecule has 0 spiro atoms. The summed E-state index contributed by atoms with van der Waals surface area (Å²) in [4.78, 5) is 15.3. The molecule has 2 rings (SSSR count). The Labute approximate surface area is 111 Å². The molecule has 1 atom stereocenters. The summed E-state index contributed by atoms with van der Waals surface area (Å²) in [7, 11) is 0.